The number of aromatic nitrogens is 3. The number of thiazole rings is 1. The Morgan fingerprint density at radius 1 is 1.30 bits per heavy atom. The summed E-state index contributed by atoms with van der Waals surface area (Å²) in [4.78, 5) is 17.2. The molecule has 0 unspecified atom stereocenters. The van der Waals surface area contributed by atoms with E-state index >= 15 is 0 Å². The van der Waals surface area contributed by atoms with Crippen LogP contribution in [0, 0.1) is 0 Å². The van der Waals surface area contributed by atoms with Gasteiger partial charge in [-0.3, -0.25) is 4.79 Å². The average Bonchev–Trinajstić information content (AvgIpc) is 3.30. The SMILES string of the molecule is C=C/C(=C\C=C/C)c1nn(-c2ccc(N)cc2)c2c1CCc1nc(NC(C)=O)sc1-2. The van der Waals surface area contributed by atoms with Crippen molar-refractivity contribution >= 4 is 33.6 Å². The molecule has 0 saturated heterocycles. The maximum Gasteiger partial charge on any atom is 0.223 e. The quantitative estimate of drug-likeness (QED) is 0.462. The summed E-state index contributed by atoms with van der Waals surface area (Å²) in [5.41, 5.74) is 12.5. The Bertz CT molecular complexity index is 1180. The van der Waals surface area contributed by atoms with Crippen LogP contribution in [0.15, 0.2) is 55.1 Å². The van der Waals surface area contributed by atoms with Crippen LogP contribution >= 0.6 is 11.3 Å². The van der Waals surface area contributed by atoms with E-state index in [9.17, 15) is 4.79 Å². The van der Waals surface area contributed by atoms with E-state index in [-0.39, 0.29) is 5.91 Å². The Kier molecular flexibility index (Phi) is 5.37. The van der Waals surface area contributed by atoms with Crippen LogP contribution in [-0.2, 0) is 17.6 Å². The van der Waals surface area contributed by atoms with Crippen LogP contribution in [0.25, 0.3) is 21.8 Å². The molecule has 3 aromatic rings. The molecule has 1 aliphatic carbocycles. The summed E-state index contributed by atoms with van der Waals surface area (Å²) < 4.78 is 1.95. The molecule has 0 atom stereocenters. The highest BCUT2D eigenvalue weighted by Crippen LogP contribution is 2.43. The Morgan fingerprint density at radius 3 is 2.73 bits per heavy atom. The molecule has 0 aliphatic heterocycles. The van der Waals surface area contributed by atoms with Gasteiger partial charge in [0.25, 0.3) is 0 Å². The summed E-state index contributed by atoms with van der Waals surface area (Å²) in [7, 11) is 0. The molecular formula is C23H23N5OS. The largest absolute Gasteiger partial charge is 0.399 e. The number of aryl methyl sites for hydroxylation is 1. The minimum Gasteiger partial charge on any atom is -0.399 e. The number of anilines is 2. The molecule has 1 amide bonds. The molecule has 30 heavy (non-hydrogen) atoms. The van der Waals surface area contributed by atoms with E-state index < -0.39 is 0 Å². The van der Waals surface area contributed by atoms with Crippen molar-refractivity contribution in [3.63, 3.8) is 0 Å². The molecule has 152 valence electrons. The fourth-order valence-corrected chi connectivity index (χ4v) is 4.67. The fraction of sp³-hybridized carbons (Fsp3) is 0.174. The number of amides is 1. The number of carbonyl (C=O) groups is 1. The van der Waals surface area contributed by atoms with Crippen molar-refractivity contribution in [1.29, 1.82) is 0 Å². The molecule has 0 saturated carbocycles. The van der Waals surface area contributed by atoms with Crippen molar-refractivity contribution in [3.05, 3.63) is 72.1 Å². The minimum absolute atomic E-state index is 0.128. The van der Waals surface area contributed by atoms with Gasteiger partial charge < -0.3 is 11.1 Å². The van der Waals surface area contributed by atoms with Crippen LogP contribution in [0.1, 0.15) is 30.8 Å². The molecule has 2 heterocycles. The third-order valence-electron chi connectivity index (χ3n) is 4.89. The molecule has 0 fully saturated rings. The van der Waals surface area contributed by atoms with Crippen LogP contribution in [0.4, 0.5) is 10.8 Å². The smallest absolute Gasteiger partial charge is 0.223 e. The van der Waals surface area contributed by atoms with E-state index in [1.165, 1.54) is 18.3 Å². The van der Waals surface area contributed by atoms with Crippen molar-refractivity contribution in [1.82, 2.24) is 14.8 Å². The number of carbonyl (C=O) groups excluding carboxylic acids is 1. The molecule has 0 bridgehead atoms. The van der Waals surface area contributed by atoms with Crippen molar-refractivity contribution < 1.29 is 4.79 Å². The number of rotatable bonds is 5. The number of fused-ring (bicyclic) bond motifs is 3. The van der Waals surface area contributed by atoms with Gasteiger partial charge in [-0.05, 0) is 44.0 Å². The molecule has 1 aliphatic rings. The lowest BCUT2D eigenvalue weighted by molar-refractivity contribution is -0.114. The van der Waals surface area contributed by atoms with Gasteiger partial charge >= 0.3 is 0 Å². The van der Waals surface area contributed by atoms with Gasteiger partial charge in [0.05, 0.1) is 27.6 Å². The van der Waals surface area contributed by atoms with E-state index in [2.05, 4.69) is 16.9 Å². The lowest BCUT2D eigenvalue weighted by Crippen LogP contribution is -2.07. The minimum atomic E-state index is -0.128. The number of hydrogen-bond donors (Lipinski definition) is 2. The predicted molar refractivity (Wildman–Crippen MR) is 124 cm³/mol. The summed E-state index contributed by atoms with van der Waals surface area (Å²) in [6.07, 6.45) is 9.44. The lowest BCUT2D eigenvalue weighted by atomic mass is 9.94. The van der Waals surface area contributed by atoms with Gasteiger partial charge in [-0.2, -0.15) is 5.10 Å². The number of hydrogen-bond acceptors (Lipinski definition) is 5. The maximum atomic E-state index is 11.5. The molecule has 0 spiro atoms. The molecular weight excluding hydrogens is 394 g/mol. The van der Waals surface area contributed by atoms with E-state index in [1.54, 1.807) is 0 Å². The average molecular weight is 418 g/mol. The number of nitrogens with one attached hydrogen (secondary N) is 1. The molecule has 1 aromatic carbocycles. The van der Waals surface area contributed by atoms with Crippen molar-refractivity contribution in [2.45, 2.75) is 26.7 Å². The van der Waals surface area contributed by atoms with E-state index in [0.29, 0.717) is 10.8 Å². The van der Waals surface area contributed by atoms with E-state index in [0.717, 1.165) is 51.6 Å². The Morgan fingerprint density at radius 2 is 2.07 bits per heavy atom. The highest BCUT2D eigenvalue weighted by Gasteiger charge is 2.29. The zero-order valence-electron chi connectivity index (χ0n) is 17.0. The Labute approximate surface area is 179 Å². The number of nitrogens with two attached hydrogens (primary N) is 1. The first-order valence-electron chi connectivity index (χ1n) is 9.73. The van der Waals surface area contributed by atoms with Crippen LogP contribution in [0.3, 0.4) is 0 Å². The third kappa shape index (κ3) is 3.59. The zero-order valence-corrected chi connectivity index (χ0v) is 17.8. The Balaban J connectivity index is 1.95. The summed E-state index contributed by atoms with van der Waals surface area (Å²) in [5, 5.41) is 8.40. The first-order valence-corrected chi connectivity index (χ1v) is 10.5. The summed E-state index contributed by atoms with van der Waals surface area (Å²) >= 11 is 1.48. The Hall–Kier alpha value is -3.45. The first kappa shape index (κ1) is 19.8. The van der Waals surface area contributed by atoms with Crippen LogP contribution in [-0.4, -0.2) is 20.7 Å². The molecule has 3 N–H and O–H groups in total. The lowest BCUT2D eigenvalue weighted by Gasteiger charge is -2.14. The summed E-state index contributed by atoms with van der Waals surface area (Å²) in [6.45, 7) is 7.46. The van der Waals surface area contributed by atoms with Crippen LogP contribution in [0.2, 0.25) is 0 Å². The normalized spacial score (nSPS) is 13.2. The maximum absolute atomic E-state index is 11.5. The van der Waals surface area contributed by atoms with Crippen molar-refractivity contribution in [2.24, 2.45) is 0 Å². The van der Waals surface area contributed by atoms with E-state index in [4.69, 9.17) is 10.8 Å². The second-order valence-electron chi connectivity index (χ2n) is 7.01. The van der Waals surface area contributed by atoms with Crippen molar-refractivity contribution in [3.8, 4) is 16.3 Å². The highest BCUT2D eigenvalue weighted by molar-refractivity contribution is 7.19. The van der Waals surface area contributed by atoms with Crippen LogP contribution < -0.4 is 11.1 Å². The standard InChI is InChI=1S/C23H23N5OS/c1-4-6-7-15(5-2)20-18-12-13-19-22(30-23(26-19)25-14(3)29)21(18)28(27-20)17-10-8-16(24)9-11-17/h4-11H,2,12-13,24H2,1,3H3,(H,25,26,29)/b6-4-,15-7+. The predicted octanol–water partition coefficient (Wildman–Crippen LogP) is 4.78. The number of benzene rings is 1. The molecule has 4 rings (SSSR count). The monoisotopic (exact) mass is 417 g/mol. The summed E-state index contributed by atoms with van der Waals surface area (Å²) in [5.74, 6) is -0.128. The second-order valence-corrected chi connectivity index (χ2v) is 8.01. The van der Waals surface area contributed by atoms with Gasteiger partial charge in [0.1, 0.15) is 0 Å². The third-order valence-corrected chi connectivity index (χ3v) is 5.91. The molecule has 2 aromatic heterocycles. The zero-order chi connectivity index (χ0) is 21.3. The number of nitrogen functional groups attached to an aromatic ring is 1. The fourth-order valence-electron chi connectivity index (χ4n) is 3.55. The second kappa shape index (κ2) is 8.12. The number of allylic oxidation sites excluding steroid dienone is 5. The van der Waals surface area contributed by atoms with Gasteiger partial charge in [0, 0.05) is 23.7 Å². The van der Waals surface area contributed by atoms with E-state index in [1.807, 2.05) is 60.2 Å². The van der Waals surface area contributed by atoms with Crippen LogP contribution in [0.5, 0.6) is 0 Å². The van der Waals surface area contributed by atoms with Crippen molar-refractivity contribution in [2.75, 3.05) is 11.1 Å². The topological polar surface area (TPSA) is 85.8 Å². The molecule has 6 nitrogen and oxygen atoms in total. The van der Waals surface area contributed by atoms with Gasteiger partial charge in [0.15, 0.2) is 5.13 Å². The number of nitrogens with zero attached hydrogens (tertiary/aromatic N) is 3. The van der Waals surface area contributed by atoms with Gasteiger partial charge in [-0.1, -0.05) is 42.2 Å². The molecule has 0 radical (unpaired) electrons. The van der Waals surface area contributed by atoms with Gasteiger partial charge in [0.2, 0.25) is 5.91 Å². The molecule has 7 heteroatoms. The van der Waals surface area contributed by atoms with Gasteiger partial charge in [-0.15, -0.1) is 0 Å². The first-order chi connectivity index (χ1) is 14.5. The van der Waals surface area contributed by atoms with Gasteiger partial charge in [-0.25, -0.2) is 9.67 Å². The highest BCUT2D eigenvalue weighted by atomic mass is 32.1. The summed E-state index contributed by atoms with van der Waals surface area (Å²) in [6, 6.07) is 7.65.